The van der Waals surface area contributed by atoms with Gasteiger partial charge in [0.15, 0.2) is 8.32 Å². The van der Waals surface area contributed by atoms with E-state index in [1.54, 1.807) is 6.92 Å². The lowest BCUT2D eigenvalue weighted by Gasteiger charge is -2.40. The fourth-order valence-corrected chi connectivity index (χ4v) is 4.97. The number of ether oxygens (including phenoxy) is 1. The number of hydrogen-bond acceptors (Lipinski definition) is 4. The molecule has 1 aromatic carbocycles. The second kappa shape index (κ2) is 9.54. The van der Waals surface area contributed by atoms with Gasteiger partial charge in [-0.05, 0) is 78.0 Å². The highest BCUT2D eigenvalue weighted by Crippen LogP contribution is 2.45. The van der Waals surface area contributed by atoms with E-state index in [9.17, 15) is 18.8 Å². The van der Waals surface area contributed by atoms with E-state index in [2.05, 4.69) is 34.6 Å². The van der Waals surface area contributed by atoms with Gasteiger partial charge in [0.05, 0.1) is 12.1 Å². The summed E-state index contributed by atoms with van der Waals surface area (Å²) in [6.45, 7) is 16.1. The van der Waals surface area contributed by atoms with Crippen molar-refractivity contribution in [3.63, 3.8) is 0 Å². The first-order valence-corrected chi connectivity index (χ1v) is 15.0. The fourth-order valence-electron chi connectivity index (χ4n) is 3.75. The smallest absolute Gasteiger partial charge is 0.343 e. The van der Waals surface area contributed by atoms with Gasteiger partial charge in [0.1, 0.15) is 11.4 Å². The summed E-state index contributed by atoms with van der Waals surface area (Å²) in [4.78, 5) is 36.5. The van der Waals surface area contributed by atoms with Crippen LogP contribution in [0.2, 0.25) is 18.1 Å². The zero-order valence-electron chi connectivity index (χ0n) is 20.3. The summed E-state index contributed by atoms with van der Waals surface area (Å²) in [5.74, 6) is -1.09. The van der Waals surface area contributed by atoms with E-state index in [4.69, 9.17) is 4.74 Å². The van der Waals surface area contributed by atoms with Gasteiger partial charge in [-0.3, -0.25) is 4.79 Å². The molecule has 0 radical (unpaired) electrons. The standard InChI is InChI=1S/C24H35FINO4Si/c1-9-31-22(29)16-14-27(19-13-17(25)18(26)12-15(19)21(16)28)20(23(2,3)4)10-11-24(5,6)32(7,8)30/h12-14,20,30H,9-11H2,1-8H3/t20-/m1/s1. The summed E-state index contributed by atoms with van der Waals surface area (Å²) in [5.41, 5.74) is -0.305. The highest BCUT2D eigenvalue weighted by molar-refractivity contribution is 14.1. The Bertz CT molecular complexity index is 1070. The highest BCUT2D eigenvalue weighted by atomic mass is 127. The number of nitrogens with zero attached hydrogens (tertiary/aromatic N) is 1. The number of carbonyl (C=O) groups is 1. The van der Waals surface area contributed by atoms with Crippen molar-refractivity contribution in [3.8, 4) is 0 Å². The lowest BCUT2D eigenvalue weighted by Crippen LogP contribution is -2.40. The molecule has 8 heteroatoms. The van der Waals surface area contributed by atoms with Crippen LogP contribution in [-0.4, -0.2) is 30.3 Å². The minimum Gasteiger partial charge on any atom is -0.462 e. The molecule has 0 saturated heterocycles. The molecule has 1 heterocycles. The first-order chi connectivity index (χ1) is 14.5. The molecule has 32 heavy (non-hydrogen) atoms. The highest BCUT2D eigenvalue weighted by Gasteiger charge is 2.39. The van der Waals surface area contributed by atoms with Gasteiger partial charge in [-0.25, -0.2) is 9.18 Å². The Hall–Kier alpha value is -1.26. The minimum atomic E-state index is -2.42. The van der Waals surface area contributed by atoms with Crippen molar-refractivity contribution in [3.05, 3.63) is 43.5 Å². The zero-order chi connectivity index (χ0) is 24.6. The van der Waals surface area contributed by atoms with Crippen LogP contribution in [-0.2, 0) is 4.74 Å². The monoisotopic (exact) mass is 575 g/mol. The van der Waals surface area contributed by atoms with Crippen LogP contribution in [0, 0.1) is 14.8 Å². The summed E-state index contributed by atoms with van der Waals surface area (Å²) >= 11 is 1.85. The molecular weight excluding hydrogens is 540 g/mol. The van der Waals surface area contributed by atoms with E-state index in [0.29, 0.717) is 20.9 Å². The summed E-state index contributed by atoms with van der Waals surface area (Å²) in [6.07, 6.45) is 2.97. The van der Waals surface area contributed by atoms with Gasteiger partial charge in [0.25, 0.3) is 0 Å². The SMILES string of the molecule is CCOC(=O)c1cn([C@H](CCC(C)(C)[Si](C)(C)O)C(C)(C)C)c2cc(F)c(I)cc2c1=O. The molecule has 1 aromatic heterocycles. The summed E-state index contributed by atoms with van der Waals surface area (Å²) in [7, 11) is -2.42. The molecular formula is C24H35FINO4Si. The van der Waals surface area contributed by atoms with Crippen molar-refractivity contribution < 1.29 is 18.7 Å². The molecule has 0 aliphatic heterocycles. The molecule has 0 aliphatic carbocycles. The first-order valence-electron chi connectivity index (χ1n) is 10.9. The molecule has 2 aromatic rings. The van der Waals surface area contributed by atoms with Crippen LogP contribution >= 0.6 is 22.6 Å². The first kappa shape index (κ1) is 27.0. The number of pyridine rings is 1. The van der Waals surface area contributed by atoms with E-state index in [1.165, 1.54) is 18.3 Å². The van der Waals surface area contributed by atoms with Crippen LogP contribution in [0.3, 0.4) is 0 Å². The molecule has 1 atom stereocenters. The number of fused-ring (bicyclic) bond motifs is 1. The number of hydrogen-bond donors (Lipinski definition) is 1. The largest absolute Gasteiger partial charge is 0.462 e. The summed E-state index contributed by atoms with van der Waals surface area (Å²) < 4.78 is 21.9. The van der Waals surface area contributed by atoms with Crippen molar-refractivity contribution in [2.75, 3.05) is 6.61 Å². The third-order valence-corrected chi connectivity index (χ3v) is 11.0. The molecule has 5 nitrogen and oxygen atoms in total. The van der Waals surface area contributed by atoms with Gasteiger partial charge in [0.2, 0.25) is 5.43 Å². The summed E-state index contributed by atoms with van der Waals surface area (Å²) in [6, 6.07) is 2.73. The lowest BCUT2D eigenvalue weighted by atomic mass is 9.82. The van der Waals surface area contributed by atoms with Gasteiger partial charge in [-0.15, -0.1) is 0 Å². The van der Waals surface area contributed by atoms with Crippen LogP contribution in [0.4, 0.5) is 4.39 Å². The second-order valence-corrected chi connectivity index (χ2v) is 16.3. The molecule has 0 aliphatic rings. The Balaban J connectivity index is 2.78. The Kier molecular flexibility index (Phi) is 8.04. The van der Waals surface area contributed by atoms with Gasteiger partial charge >= 0.3 is 5.97 Å². The van der Waals surface area contributed by atoms with Gasteiger partial charge < -0.3 is 14.1 Å². The maximum Gasteiger partial charge on any atom is 0.343 e. The average Bonchev–Trinajstić information content (AvgIpc) is 2.63. The van der Waals surface area contributed by atoms with Crippen molar-refractivity contribution >= 4 is 47.8 Å². The zero-order valence-corrected chi connectivity index (χ0v) is 23.5. The number of aromatic nitrogens is 1. The van der Waals surface area contributed by atoms with Crippen LogP contribution in [0.25, 0.3) is 10.9 Å². The van der Waals surface area contributed by atoms with E-state index < -0.39 is 25.5 Å². The van der Waals surface area contributed by atoms with E-state index in [1.807, 2.05) is 40.3 Å². The predicted octanol–water partition coefficient (Wildman–Crippen LogP) is 6.27. The molecule has 1 N–H and O–H groups in total. The van der Waals surface area contributed by atoms with Crippen molar-refractivity contribution in [1.29, 1.82) is 0 Å². The predicted molar refractivity (Wildman–Crippen MR) is 138 cm³/mol. The van der Waals surface area contributed by atoms with E-state index in [0.717, 1.165) is 6.42 Å². The van der Waals surface area contributed by atoms with Crippen molar-refractivity contribution in [2.24, 2.45) is 5.41 Å². The molecule has 0 unspecified atom stereocenters. The fraction of sp³-hybridized carbons (Fsp3) is 0.583. The topological polar surface area (TPSA) is 68.5 Å². The quantitative estimate of drug-likeness (QED) is 0.240. The van der Waals surface area contributed by atoms with E-state index in [-0.39, 0.29) is 28.7 Å². The second-order valence-electron chi connectivity index (χ2n) is 10.6. The minimum absolute atomic E-state index is 0.0490. The number of esters is 1. The molecule has 0 saturated carbocycles. The molecule has 0 bridgehead atoms. The van der Waals surface area contributed by atoms with Crippen LogP contribution in [0.5, 0.6) is 0 Å². The average molecular weight is 576 g/mol. The normalized spacial score (nSPS) is 14.0. The molecule has 0 amide bonds. The number of carbonyl (C=O) groups excluding carboxylic acids is 1. The van der Waals surface area contributed by atoms with Gasteiger partial charge in [-0.2, -0.15) is 0 Å². The Morgan fingerprint density at radius 2 is 1.84 bits per heavy atom. The third-order valence-electron chi connectivity index (χ3n) is 6.60. The number of halogens is 2. The maximum atomic E-state index is 14.6. The van der Waals surface area contributed by atoms with Crippen molar-refractivity contribution in [2.45, 2.75) is 78.6 Å². The number of rotatable bonds is 7. The molecule has 178 valence electrons. The van der Waals surface area contributed by atoms with Crippen LogP contribution in [0.1, 0.15) is 70.8 Å². The van der Waals surface area contributed by atoms with E-state index >= 15 is 0 Å². The Morgan fingerprint density at radius 1 is 1.25 bits per heavy atom. The van der Waals surface area contributed by atoms with Crippen LogP contribution < -0.4 is 5.43 Å². The van der Waals surface area contributed by atoms with Gasteiger partial charge in [-0.1, -0.05) is 34.6 Å². The van der Waals surface area contributed by atoms with Gasteiger partial charge in [0, 0.05) is 21.2 Å². The van der Waals surface area contributed by atoms with Crippen LogP contribution in [0.15, 0.2) is 23.1 Å². The third kappa shape index (κ3) is 5.62. The lowest BCUT2D eigenvalue weighted by molar-refractivity contribution is 0.0523. The van der Waals surface area contributed by atoms with Crippen molar-refractivity contribution in [1.82, 2.24) is 4.57 Å². The maximum absolute atomic E-state index is 14.6. The molecule has 2 rings (SSSR count). The number of benzene rings is 1. The Labute approximate surface area is 204 Å². The molecule has 0 spiro atoms. The Morgan fingerprint density at radius 3 is 2.34 bits per heavy atom. The molecule has 0 fully saturated rings. The summed E-state index contributed by atoms with van der Waals surface area (Å²) in [5, 5.41) is 0.0578.